The van der Waals surface area contributed by atoms with Crippen LogP contribution < -0.4 is 5.32 Å². The Balaban J connectivity index is 2.22. The average Bonchev–Trinajstić information content (AvgIpc) is 2.98. The molecule has 1 amide bonds. The van der Waals surface area contributed by atoms with Gasteiger partial charge in [-0.3, -0.25) is 14.2 Å². The van der Waals surface area contributed by atoms with Crippen molar-refractivity contribution in [3.63, 3.8) is 0 Å². The summed E-state index contributed by atoms with van der Waals surface area (Å²) in [5.74, 6) is -4.62. The number of fused-ring (bicyclic) bond motifs is 1. The van der Waals surface area contributed by atoms with Crippen molar-refractivity contribution in [3.8, 4) is 5.75 Å². The predicted octanol–water partition coefficient (Wildman–Crippen LogP) is 5.39. The van der Waals surface area contributed by atoms with Gasteiger partial charge >= 0.3 is 0 Å². The van der Waals surface area contributed by atoms with Gasteiger partial charge in [0.25, 0.3) is 5.91 Å². The summed E-state index contributed by atoms with van der Waals surface area (Å²) in [5, 5.41) is 12.8. The summed E-state index contributed by atoms with van der Waals surface area (Å²) in [6.07, 6.45) is 0.443. The lowest BCUT2D eigenvalue weighted by Crippen LogP contribution is -2.33. The summed E-state index contributed by atoms with van der Waals surface area (Å²) in [7, 11) is 0. The zero-order valence-electron chi connectivity index (χ0n) is 17.0. The van der Waals surface area contributed by atoms with E-state index in [0.717, 1.165) is 10.6 Å². The first kappa shape index (κ1) is 23.0. The van der Waals surface area contributed by atoms with Crippen molar-refractivity contribution in [2.24, 2.45) is 0 Å². The molecule has 1 heterocycles. The molecule has 0 saturated carbocycles. The minimum atomic E-state index is -1.23. The van der Waals surface area contributed by atoms with Crippen molar-refractivity contribution in [3.05, 3.63) is 62.8 Å². The van der Waals surface area contributed by atoms with E-state index in [1.54, 1.807) is 0 Å². The molecule has 0 aliphatic heterocycles. The van der Waals surface area contributed by atoms with Crippen molar-refractivity contribution in [1.29, 1.82) is 0 Å². The number of aromatic nitrogens is 1. The minimum Gasteiger partial charge on any atom is -0.503 e. The molecule has 0 fully saturated rings. The SMILES string of the molecule is CC[C@H](C)NC(=O)Cc1c(C)n(C(=O)c2ccc(Cl)c(Cl)c2)c2cc(F)c(O)c(F)c12. The highest BCUT2D eigenvalue weighted by molar-refractivity contribution is 6.42. The second-order valence-electron chi connectivity index (χ2n) is 7.30. The van der Waals surface area contributed by atoms with Crippen LogP contribution in [0.15, 0.2) is 24.3 Å². The maximum Gasteiger partial charge on any atom is 0.262 e. The number of carbonyl (C=O) groups excluding carboxylic acids is 2. The number of phenols is 1. The van der Waals surface area contributed by atoms with Gasteiger partial charge < -0.3 is 10.4 Å². The molecule has 3 aromatic rings. The molecule has 1 atom stereocenters. The van der Waals surface area contributed by atoms with E-state index in [-0.39, 0.29) is 56.1 Å². The fourth-order valence-corrected chi connectivity index (χ4v) is 3.68. The van der Waals surface area contributed by atoms with Gasteiger partial charge in [0, 0.05) is 28.8 Å². The number of nitrogens with one attached hydrogen (secondary N) is 1. The van der Waals surface area contributed by atoms with Crippen LogP contribution in [0, 0.1) is 18.6 Å². The second kappa shape index (κ2) is 8.85. The van der Waals surface area contributed by atoms with Crippen LogP contribution in [0.2, 0.25) is 10.0 Å². The third-order valence-corrected chi connectivity index (χ3v) is 5.95. The Morgan fingerprint density at radius 1 is 1.19 bits per heavy atom. The zero-order valence-corrected chi connectivity index (χ0v) is 18.5. The molecule has 5 nitrogen and oxygen atoms in total. The molecule has 0 unspecified atom stereocenters. The smallest absolute Gasteiger partial charge is 0.262 e. The Hall–Kier alpha value is -2.64. The van der Waals surface area contributed by atoms with Gasteiger partial charge in [-0.25, -0.2) is 8.78 Å². The van der Waals surface area contributed by atoms with Crippen molar-refractivity contribution < 1.29 is 23.5 Å². The molecule has 31 heavy (non-hydrogen) atoms. The van der Waals surface area contributed by atoms with Crippen molar-refractivity contribution in [2.75, 3.05) is 0 Å². The van der Waals surface area contributed by atoms with E-state index < -0.39 is 23.3 Å². The number of phenolic OH excluding ortho intramolecular Hbond substituents is 1. The fraction of sp³-hybridized carbons (Fsp3) is 0.273. The van der Waals surface area contributed by atoms with Gasteiger partial charge in [0.15, 0.2) is 17.4 Å². The van der Waals surface area contributed by atoms with Gasteiger partial charge in [-0.2, -0.15) is 0 Å². The lowest BCUT2D eigenvalue weighted by Gasteiger charge is -2.12. The van der Waals surface area contributed by atoms with Gasteiger partial charge in [-0.05, 0) is 44.0 Å². The number of hydrogen-bond acceptors (Lipinski definition) is 3. The average molecular weight is 469 g/mol. The predicted molar refractivity (Wildman–Crippen MR) is 116 cm³/mol. The van der Waals surface area contributed by atoms with Crippen LogP contribution in [0.3, 0.4) is 0 Å². The first-order valence-electron chi connectivity index (χ1n) is 9.56. The molecule has 0 saturated heterocycles. The topological polar surface area (TPSA) is 71.3 Å². The van der Waals surface area contributed by atoms with Gasteiger partial charge in [-0.1, -0.05) is 30.1 Å². The van der Waals surface area contributed by atoms with E-state index in [4.69, 9.17) is 23.2 Å². The molecule has 1 aromatic heterocycles. The fourth-order valence-electron chi connectivity index (χ4n) is 3.38. The molecule has 0 radical (unpaired) electrons. The molecular formula is C22H20Cl2F2N2O3. The molecule has 0 bridgehead atoms. The van der Waals surface area contributed by atoms with E-state index in [1.165, 1.54) is 25.1 Å². The van der Waals surface area contributed by atoms with Crippen LogP contribution in [0.4, 0.5) is 8.78 Å². The summed E-state index contributed by atoms with van der Waals surface area (Å²) >= 11 is 11.9. The van der Waals surface area contributed by atoms with Crippen LogP contribution in [-0.2, 0) is 11.2 Å². The monoisotopic (exact) mass is 468 g/mol. The normalized spacial score (nSPS) is 12.2. The van der Waals surface area contributed by atoms with Crippen molar-refractivity contribution in [1.82, 2.24) is 9.88 Å². The Morgan fingerprint density at radius 3 is 2.48 bits per heavy atom. The zero-order chi connectivity index (χ0) is 23.0. The molecule has 0 aliphatic carbocycles. The number of carbonyl (C=O) groups is 2. The van der Waals surface area contributed by atoms with Crippen LogP contribution >= 0.6 is 23.2 Å². The van der Waals surface area contributed by atoms with Crippen LogP contribution in [0.25, 0.3) is 10.9 Å². The first-order chi connectivity index (χ1) is 14.6. The third-order valence-electron chi connectivity index (χ3n) is 5.21. The Bertz CT molecular complexity index is 1210. The van der Waals surface area contributed by atoms with E-state index in [9.17, 15) is 23.5 Å². The lowest BCUT2D eigenvalue weighted by atomic mass is 10.1. The number of benzene rings is 2. The lowest BCUT2D eigenvalue weighted by molar-refractivity contribution is -0.121. The summed E-state index contributed by atoms with van der Waals surface area (Å²) in [6.45, 7) is 5.25. The highest BCUT2D eigenvalue weighted by Crippen LogP contribution is 2.36. The highest BCUT2D eigenvalue weighted by Gasteiger charge is 2.27. The standard InChI is InChI=1S/C22H20Cl2F2N2O3/c1-4-10(2)27-18(29)8-13-11(3)28(17-9-16(25)21(30)20(26)19(13)17)22(31)12-5-6-14(23)15(24)7-12/h5-7,9-10,30H,4,8H2,1-3H3,(H,27,29)/t10-/m0/s1. The molecule has 164 valence electrons. The van der Waals surface area contributed by atoms with Crippen molar-refractivity contribution in [2.45, 2.75) is 39.7 Å². The number of aromatic hydroxyl groups is 1. The number of halogens is 4. The Morgan fingerprint density at radius 2 is 1.87 bits per heavy atom. The summed E-state index contributed by atoms with van der Waals surface area (Å²) in [6, 6.07) is 4.98. The van der Waals surface area contributed by atoms with Gasteiger partial charge in [-0.15, -0.1) is 0 Å². The molecule has 0 aliphatic rings. The number of amides is 1. The van der Waals surface area contributed by atoms with Crippen LogP contribution in [0.1, 0.15) is 41.9 Å². The van der Waals surface area contributed by atoms with E-state index in [2.05, 4.69) is 5.32 Å². The molecule has 2 N–H and O–H groups in total. The highest BCUT2D eigenvalue weighted by atomic mass is 35.5. The summed E-state index contributed by atoms with van der Waals surface area (Å²) in [4.78, 5) is 25.7. The number of hydrogen-bond donors (Lipinski definition) is 2. The minimum absolute atomic E-state index is 0.102. The van der Waals surface area contributed by atoms with Crippen LogP contribution in [-0.4, -0.2) is 27.5 Å². The number of nitrogens with zero attached hydrogens (tertiary/aromatic N) is 1. The quantitative estimate of drug-likeness (QED) is 0.527. The summed E-state index contributed by atoms with van der Waals surface area (Å²) in [5.41, 5.74) is 0.456. The van der Waals surface area contributed by atoms with E-state index in [1.807, 2.05) is 13.8 Å². The molecule has 3 rings (SSSR count). The molecule has 9 heteroatoms. The molecular weight excluding hydrogens is 449 g/mol. The third kappa shape index (κ3) is 4.25. The van der Waals surface area contributed by atoms with E-state index in [0.29, 0.717) is 6.42 Å². The second-order valence-corrected chi connectivity index (χ2v) is 8.12. The first-order valence-corrected chi connectivity index (χ1v) is 10.3. The maximum atomic E-state index is 14.9. The van der Waals surface area contributed by atoms with Gasteiger partial charge in [0.05, 0.1) is 22.0 Å². The maximum absolute atomic E-state index is 14.9. The van der Waals surface area contributed by atoms with Crippen molar-refractivity contribution >= 4 is 45.9 Å². The van der Waals surface area contributed by atoms with Gasteiger partial charge in [0.2, 0.25) is 5.91 Å². The van der Waals surface area contributed by atoms with Crippen LogP contribution in [0.5, 0.6) is 5.75 Å². The molecule has 0 spiro atoms. The number of rotatable bonds is 5. The van der Waals surface area contributed by atoms with E-state index >= 15 is 0 Å². The largest absolute Gasteiger partial charge is 0.503 e. The summed E-state index contributed by atoms with van der Waals surface area (Å²) < 4.78 is 30.2. The van der Waals surface area contributed by atoms with Gasteiger partial charge in [0.1, 0.15) is 0 Å². The Labute approximate surface area is 187 Å². The molecule has 2 aromatic carbocycles. The Kier molecular flexibility index (Phi) is 6.57.